The fourth-order valence-corrected chi connectivity index (χ4v) is 1.88. The molecule has 4 nitrogen and oxygen atoms in total. The highest BCUT2D eigenvalue weighted by molar-refractivity contribution is 6.01. The summed E-state index contributed by atoms with van der Waals surface area (Å²) >= 11 is 0. The zero-order valence-corrected chi connectivity index (χ0v) is 11.8. The Kier molecular flexibility index (Phi) is 4.88. The van der Waals surface area contributed by atoms with Gasteiger partial charge in [-0.2, -0.15) is 0 Å². The summed E-state index contributed by atoms with van der Waals surface area (Å²) in [6.45, 7) is 5.58. The minimum atomic E-state index is -0.310. The summed E-state index contributed by atoms with van der Waals surface area (Å²) < 4.78 is 0. The Morgan fingerprint density at radius 3 is 2.95 bits per heavy atom. The molecule has 0 fully saturated rings. The van der Waals surface area contributed by atoms with Gasteiger partial charge in [0.2, 0.25) is 0 Å². The highest BCUT2D eigenvalue weighted by Gasteiger charge is 2.05. The van der Waals surface area contributed by atoms with Crippen LogP contribution in [-0.4, -0.2) is 11.0 Å². The van der Waals surface area contributed by atoms with Crippen molar-refractivity contribution in [2.45, 2.75) is 6.92 Å². The first-order valence-corrected chi connectivity index (χ1v) is 6.60. The molecule has 2 N–H and O–H groups in total. The van der Waals surface area contributed by atoms with Gasteiger partial charge in [-0.3, -0.25) is 4.98 Å². The van der Waals surface area contributed by atoms with E-state index in [2.05, 4.69) is 22.2 Å². The van der Waals surface area contributed by atoms with Gasteiger partial charge in [0.15, 0.2) is 0 Å². The van der Waals surface area contributed by atoms with Crippen LogP contribution in [0.3, 0.4) is 0 Å². The van der Waals surface area contributed by atoms with Gasteiger partial charge < -0.3 is 10.6 Å². The number of anilines is 1. The van der Waals surface area contributed by atoms with Crippen LogP contribution in [-0.2, 0) is 0 Å². The number of urea groups is 1. The number of pyridine rings is 1. The normalized spacial score (nSPS) is 11.6. The number of nitrogens with one attached hydrogen (secondary N) is 2. The Balaban J connectivity index is 2.17. The van der Waals surface area contributed by atoms with Gasteiger partial charge in [-0.1, -0.05) is 30.9 Å². The molecule has 0 aliphatic rings. The maximum absolute atomic E-state index is 12.0. The molecule has 1 aromatic heterocycles. The van der Waals surface area contributed by atoms with Crippen LogP contribution >= 0.6 is 0 Å². The van der Waals surface area contributed by atoms with Crippen molar-refractivity contribution in [2.75, 3.05) is 5.32 Å². The van der Waals surface area contributed by atoms with Crippen molar-refractivity contribution in [1.82, 2.24) is 10.3 Å². The molecule has 2 rings (SSSR count). The molecule has 21 heavy (non-hydrogen) atoms. The number of nitrogens with zero attached hydrogens (tertiary/aromatic N) is 1. The first kappa shape index (κ1) is 14.5. The molecule has 2 aromatic rings. The van der Waals surface area contributed by atoms with Gasteiger partial charge in [0.05, 0.1) is 5.69 Å². The molecule has 0 saturated carbocycles. The monoisotopic (exact) mass is 279 g/mol. The molecule has 0 radical (unpaired) electrons. The van der Waals surface area contributed by atoms with Gasteiger partial charge in [-0.05, 0) is 31.2 Å². The molecule has 0 unspecified atom stereocenters. The molecule has 0 bridgehead atoms. The van der Waals surface area contributed by atoms with E-state index in [1.54, 1.807) is 24.5 Å². The lowest BCUT2D eigenvalue weighted by molar-refractivity contribution is 0.254. The third kappa shape index (κ3) is 3.79. The lowest BCUT2D eigenvalue weighted by Gasteiger charge is -2.10. The van der Waals surface area contributed by atoms with Gasteiger partial charge in [-0.25, -0.2) is 4.79 Å². The summed E-state index contributed by atoms with van der Waals surface area (Å²) in [5.41, 5.74) is 1.37. The first-order chi connectivity index (χ1) is 10.2. The second-order valence-corrected chi connectivity index (χ2v) is 4.33. The first-order valence-electron chi connectivity index (χ1n) is 6.60. The standard InChI is InChI=1S/C17H17N3O/c1-3-5-8-14(4-2)19-17(21)20-16-9-6-7-13-12-18-11-10-15(13)16/h3-12H,2H2,1H3,(H2,19,20,21)/b5-3-,14-8+. The van der Waals surface area contributed by atoms with E-state index < -0.39 is 0 Å². The molecule has 4 heteroatoms. The number of fused-ring (bicyclic) bond motifs is 1. The summed E-state index contributed by atoms with van der Waals surface area (Å²) in [6.07, 6.45) is 10.5. The smallest absolute Gasteiger partial charge is 0.308 e. The van der Waals surface area contributed by atoms with Gasteiger partial charge in [0, 0.05) is 28.9 Å². The second kappa shape index (κ2) is 7.05. The molecule has 1 aromatic carbocycles. The quantitative estimate of drug-likeness (QED) is 0.831. The van der Waals surface area contributed by atoms with E-state index in [4.69, 9.17) is 0 Å². The summed E-state index contributed by atoms with van der Waals surface area (Å²) in [7, 11) is 0. The minimum absolute atomic E-state index is 0.310. The van der Waals surface area contributed by atoms with Crippen LogP contribution in [0.25, 0.3) is 10.8 Å². The minimum Gasteiger partial charge on any atom is -0.308 e. The number of benzene rings is 1. The van der Waals surface area contributed by atoms with Crippen LogP contribution < -0.4 is 10.6 Å². The summed E-state index contributed by atoms with van der Waals surface area (Å²) in [5.74, 6) is 0. The van der Waals surface area contributed by atoms with Crippen LogP contribution in [0.5, 0.6) is 0 Å². The number of amides is 2. The zero-order valence-electron chi connectivity index (χ0n) is 11.8. The fourth-order valence-electron chi connectivity index (χ4n) is 1.88. The number of hydrogen-bond donors (Lipinski definition) is 2. The largest absolute Gasteiger partial charge is 0.323 e. The van der Waals surface area contributed by atoms with Gasteiger partial charge in [-0.15, -0.1) is 0 Å². The Bertz CT molecular complexity index is 712. The number of carbonyl (C=O) groups is 1. The number of hydrogen-bond acceptors (Lipinski definition) is 2. The summed E-state index contributed by atoms with van der Waals surface area (Å²) in [6, 6.07) is 7.24. The fraction of sp³-hybridized carbons (Fsp3) is 0.0588. The topological polar surface area (TPSA) is 54.0 Å². The van der Waals surface area contributed by atoms with Crippen molar-refractivity contribution < 1.29 is 4.79 Å². The van der Waals surface area contributed by atoms with Gasteiger partial charge in [0.1, 0.15) is 0 Å². The van der Waals surface area contributed by atoms with Crippen molar-refractivity contribution in [3.8, 4) is 0 Å². The van der Waals surface area contributed by atoms with Gasteiger partial charge in [0.25, 0.3) is 0 Å². The number of allylic oxidation sites excluding steroid dienone is 4. The zero-order chi connectivity index (χ0) is 15.1. The average molecular weight is 279 g/mol. The Hall–Kier alpha value is -2.88. The predicted molar refractivity (Wildman–Crippen MR) is 87.0 cm³/mol. The van der Waals surface area contributed by atoms with E-state index in [1.807, 2.05) is 43.3 Å². The Morgan fingerprint density at radius 1 is 1.33 bits per heavy atom. The number of aromatic nitrogens is 1. The molecular formula is C17H17N3O. The van der Waals surface area contributed by atoms with Crippen LogP contribution in [0, 0.1) is 0 Å². The molecule has 0 aliphatic carbocycles. The highest BCUT2D eigenvalue weighted by Crippen LogP contribution is 2.21. The van der Waals surface area contributed by atoms with Crippen molar-refractivity contribution in [2.24, 2.45) is 0 Å². The molecule has 0 spiro atoms. The molecule has 106 valence electrons. The van der Waals surface area contributed by atoms with E-state index in [0.29, 0.717) is 5.70 Å². The van der Waals surface area contributed by atoms with Crippen LogP contribution in [0.15, 0.2) is 73.2 Å². The van der Waals surface area contributed by atoms with Crippen LogP contribution in [0.4, 0.5) is 10.5 Å². The van der Waals surface area contributed by atoms with Crippen molar-refractivity contribution in [3.63, 3.8) is 0 Å². The van der Waals surface area contributed by atoms with Crippen molar-refractivity contribution in [1.29, 1.82) is 0 Å². The lowest BCUT2D eigenvalue weighted by atomic mass is 10.1. The molecular weight excluding hydrogens is 262 g/mol. The third-order valence-electron chi connectivity index (χ3n) is 2.87. The lowest BCUT2D eigenvalue weighted by Crippen LogP contribution is -2.27. The van der Waals surface area contributed by atoms with Gasteiger partial charge >= 0.3 is 6.03 Å². The number of rotatable bonds is 4. The highest BCUT2D eigenvalue weighted by atomic mass is 16.2. The summed E-state index contributed by atoms with van der Waals surface area (Å²) in [5, 5.41) is 7.50. The molecule has 2 amide bonds. The molecule has 0 atom stereocenters. The molecule has 1 heterocycles. The molecule has 0 aliphatic heterocycles. The second-order valence-electron chi connectivity index (χ2n) is 4.33. The third-order valence-corrected chi connectivity index (χ3v) is 2.87. The maximum atomic E-state index is 12.0. The number of carbonyl (C=O) groups excluding carboxylic acids is 1. The van der Waals surface area contributed by atoms with E-state index in [-0.39, 0.29) is 6.03 Å². The van der Waals surface area contributed by atoms with Crippen LogP contribution in [0.2, 0.25) is 0 Å². The van der Waals surface area contributed by atoms with E-state index in [1.165, 1.54) is 0 Å². The Labute approximate surface area is 123 Å². The summed E-state index contributed by atoms with van der Waals surface area (Å²) in [4.78, 5) is 16.1. The SMILES string of the molecule is C=C/C(=C\C=C/C)NC(=O)Nc1cccc2cnccc12. The Morgan fingerprint density at radius 2 is 2.19 bits per heavy atom. The van der Waals surface area contributed by atoms with Crippen molar-refractivity contribution >= 4 is 22.5 Å². The van der Waals surface area contributed by atoms with E-state index in [0.717, 1.165) is 16.5 Å². The van der Waals surface area contributed by atoms with Crippen LogP contribution in [0.1, 0.15) is 6.92 Å². The van der Waals surface area contributed by atoms with Crippen molar-refractivity contribution in [3.05, 3.63) is 73.2 Å². The van der Waals surface area contributed by atoms with E-state index in [9.17, 15) is 4.79 Å². The van der Waals surface area contributed by atoms with E-state index >= 15 is 0 Å². The molecule has 0 saturated heterocycles. The average Bonchev–Trinajstić information content (AvgIpc) is 2.51. The maximum Gasteiger partial charge on any atom is 0.323 e. The predicted octanol–water partition coefficient (Wildman–Crippen LogP) is 4.00.